The predicted octanol–water partition coefficient (Wildman–Crippen LogP) is 5.55. The molecule has 0 atom stereocenters. The third kappa shape index (κ3) is 5.15. The molecule has 0 saturated heterocycles. The summed E-state index contributed by atoms with van der Waals surface area (Å²) in [6.45, 7) is 0. The zero-order valence-electron chi connectivity index (χ0n) is 20.0. The van der Waals surface area contributed by atoms with E-state index in [-0.39, 0.29) is 22.5 Å². The van der Waals surface area contributed by atoms with Crippen LogP contribution in [0.15, 0.2) is 91.0 Å². The topological polar surface area (TPSA) is 173 Å². The lowest BCUT2D eigenvalue weighted by Crippen LogP contribution is -2.13. The first-order valence-electron chi connectivity index (χ1n) is 11.5. The van der Waals surface area contributed by atoms with Gasteiger partial charge in [-0.2, -0.15) is 0 Å². The van der Waals surface area contributed by atoms with Gasteiger partial charge in [-0.15, -0.1) is 0 Å². The summed E-state index contributed by atoms with van der Waals surface area (Å²) in [5.41, 5.74) is 2.15. The van der Waals surface area contributed by atoms with Crippen molar-refractivity contribution in [3.05, 3.63) is 122 Å². The van der Waals surface area contributed by atoms with E-state index in [1.807, 2.05) is 0 Å². The fraction of sp³-hybridized carbons (Fsp3) is 0. The van der Waals surface area contributed by atoms with Crippen LogP contribution >= 0.6 is 0 Å². The van der Waals surface area contributed by atoms with Gasteiger partial charge in [0.05, 0.1) is 20.9 Å². The molecule has 0 saturated carbocycles. The van der Waals surface area contributed by atoms with Crippen molar-refractivity contribution in [1.82, 2.24) is 9.97 Å². The number of hydrogen-bond donors (Lipinski definition) is 3. The first-order valence-corrected chi connectivity index (χ1v) is 11.5. The summed E-state index contributed by atoms with van der Waals surface area (Å²) in [5.74, 6) is -0.683. The molecule has 2 amide bonds. The molecule has 0 spiro atoms. The van der Waals surface area contributed by atoms with Gasteiger partial charge >= 0.3 is 0 Å². The van der Waals surface area contributed by atoms with E-state index in [1.54, 1.807) is 54.6 Å². The standard InChI is InChI=1S/C27H18N6O6/c34-26(19-5-1-3-7-23(19)32(36)37)28-17-11-9-16(10-12-17)25-30-21-14-13-18(15-22(21)31-25)29-27(35)20-6-2-4-8-24(20)33(38)39/h1-15H,(H,28,34)(H,29,35)(H,30,31). The molecule has 0 aliphatic carbocycles. The van der Waals surface area contributed by atoms with Gasteiger partial charge in [-0.05, 0) is 54.6 Å². The minimum absolute atomic E-state index is 0.0476. The Bertz CT molecular complexity index is 1760. The third-order valence-electron chi connectivity index (χ3n) is 5.85. The van der Waals surface area contributed by atoms with Crippen LogP contribution in [0.4, 0.5) is 22.7 Å². The van der Waals surface area contributed by atoms with Gasteiger partial charge in [0.25, 0.3) is 23.2 Å². The van der Waals surface area contributed by atoms with Crippen LogP contribution in [-0.2, 0) is 0 Å². The fourth-order valence-corrected chi connectivity index (χ4v) is 3.98. The highest BCUT2D eigenvalue weighted by molar-refractivity contribution is 6.08. The number of anilines is 2. The number of H-pyrrole nitrogens is 1. The predicted molar refractivity (Wildman–Crippen MR) is 144 cm³/mol. The minimum atomic E-state index is -0.611. The van der Waals surface area contributed by atoms with E-state index in [0.717, 1.165) is 0 Å². The van der Waals surface area contributed by atoms with Crippen molar-refractivity contribution in [2.45, 2.75) is 0 Å². The number of imidazole rings is 1. The van der Waals surface area contributed by atoms with Crippen LogP contribution in [0.3, 0.4) is 0 Å². The number of nitrogens with one attached hydrogen (secondary N) is 3. The molecular weight excluding hydrogens is 504 g/mol. The van der Waals surface area contributed by atoms with E-state index in [2.05, 4.69) is 20.6 Å². The number of para-hydroxylation sites is 2. The number of aromatic nitrogens is 2. The van der Waals surface area contributed by atoms with Gasteiger partial charge in [0.1, 0.15) is 17.0 Å². The van der Waals surface area contributed by atoms with Crippen LogP contribution < -0.4 is 10.6 Å². The average molecular weight is 522 g/mol. The molecule has 0 radical (unpaired) electrons. The molecule has 0 aliphatic rings. The molecule has 3 N–H and O–H groups in total. The molecule has 0 bridgehead atoms. The molecular formula is C27H18N6O6. The number of aromatic amines is 1. The maximum Gasteiger partial charge on any atom is 0.282 e. The summed E-state index contributed by atoms with van der Waals surface area (Å²) in [7, 11) is 0. The first kappa shape index (κ1) is 24.8. The molecule has 39 heavy (non-hydrogen) atoms. The lowest BCUT2D eigenvalue weighted by Gasteiger charge is -2.06. The largest absolute Gasteiger partial charge is 0.338 e. The molecule has 5 rings (SSSR count). The summed E-state index contributed by atoms with van der Waals surface area (Å²) in [6.07, 6.45) is 0. The van der Waals surface area contributed by atoms with Crippen LogP contribution in [0.5, 0.6) is 0 Å². The van der Waals surface area contributed by atoms with Crippen molar-refractivity contribution in [3.8, 4) is 11.4 Å². The minimum Gasteiger partial charge on any atom is -0.338 e. The second-order valence-electron chi connectivity index (χ2n) is 8.35. The van der Waals surface area contributed by atoms with Gasteiger partial charge in [0, 0.05) is 29.1 Å². The number of amides is 2. The van der Waals surface area contributed by atoms with Crippen LogP contribution in [0.2, 0.25) is 0 Å². The molecule has 1 aromatic heterocycles. The van der Waals surface area contributed by atoms with Crippen molar-refractivity contribution in [2.75, 3.05) is 10.6 Å². The Balaban J connectivity index is 1.32. The summed E-state index contributed by atoms with van der Waals surface area (Å²) in [5, 5.41) is 27.8. The summed E-state index contributed by atoms with van der Waals surface area (Å²) in [6, 6.07) is 23.1. The highest BCUT2D eigenvalue weighted by Gasteiger charge is 2.20. The number of benzene rings is 4. The van der Waals surface area contributed by atoms with Gasteiger partial charge < -0.3 is 15.6 Å². The number of nitrogens with zero attached hydrogens (tertiary/aromatic N) is 3. The Morgan fingerprint density at radius 1 is 0.692 bits per heavy atom. The Morgan fingerprint density at radius 3 is 1.77 bits per heavy atom. The van der Waals surface area contributed by atoms with E-state index in [0.29, 0.717) is 33.8 Å². The second kappa shape index (κ2) is 10.2. The van der Waals surface area contributed by atoms with E-state index in [9.17, 15) is 29.8 Å². The van der Waals surface area contributed by atoms with Gasteiger partial charge in [0.2, 0.25) is 0 Å². The van der Waals surface area contributed by atoms with E-state index < -0.39 is 21.7 Å². The van der Waals surface area contributed by atoms with Gasteiger partial charge in [0.15, 0.2) is 0 Å². The van der Waals surface area contributed by atoms with Crippen LogP contribution in [0.25, 0.3) is 22.4 Å². The fourth-order valence-electron chi connectivity index (χ4n) is 3.98. The molecule has 192 valence electrons. The number of nitro benzene ring substituents is 2. The van der Waals surface area contributed by atoms with Crippen LogP contribution in [0, 0.1) is 20.2 Å². The van der Waals surface area contributed by atoms with Crippen molar-refractivity contribution in [1.29, 1.82) is 0 Å². The molecule has 12 heteroatoms. The quantitative estimate of drug-likeness (QED) is 0.185. The second-order valence-corrected chi connectivity index (χ2v) is 8.35. The monoisotopic (exact) mass is 522 g/mol. The SMILES string of the molecule is O=C(Nc1ccc(-c2nc3ccc(NC(=O)c4ccccc4[N+](=O)[O-])cc3[nH]2)cc1)c1ccccc1[N+](=O)[O-]. The molecule has 0 aliphatic heterocycles. The van der Waals surface area contributed by atoms with Crippen molar-refractivity contribution < 1.29 is 19.4 Å². The van der Waals surface area contributed by atoms with Crippen molar-refractivity contribution >= 4 is 45.6 Å². The molecule has 1 heterocycles. The molecule has 5 aromatic rings. The van der Waals surface area contributed by atoms with Gasteiger partial charge in [-0.25, -0.2) is 4.98 Å². The zero-order chi connectivity index (χ0) is 27.5. The lowest BCUT2D eigenvalue weighted by atomic mass is 10.1. The van der Waals surface area contributed by atoms with E-state index in [1.165, 1.54) is 36.4 Å². The van der Waals surface area contributed by atoms with Gasteiger partial charge in [-0.1, -0.05) is 24.3 Å². The molecule has 4 aromatic carbocycles. The Morgan fingerprint density at radius 2 is 1.21 bits per heavy atom. The zero-order valence-corrected chi connectivity index (χ0v) is 20.0. The highest BCUT2D eigenvalue weighted by atomic mass is 16.6. The Kier molecular flexibility index (Phi) is 6.49. The first-order chi connectivity index (χ1) is 18.8. The van der Waals surface area contributed by atoms with Crippen molar-refractivity contribution in [2.24, 2.45) is 0 Å². The Labute approximate surface area is 219 Å². The number of rotatable bonds is 7. The smallest absolute Gasteiger partial charge is 0.282 e. The average Bonchev–Trinajstić information content (AvgIpc) is 3.37. The number of fused-ring (bicyclic) bond motifs is 1. The number of nitro groups is 2. The van der Waals surface area contributed by atoms with Crippen molar-refractivity contribution in [3.63, 3.8) is 0 Å². The van der Waals surface area contributed by atoms with Gasteiger partial charge in [-0.3, -0.25) is 29.8 Å². The summed E-state index contributed by atoms with van der Waals surface area (Å²) >= 11 is 0. The normalized spacial score (nSPS) is 10.7. The summed E-state index contributed by atoms with van der Waals surface area (Å²) in [4.78, 5) is 54.1. The number of carbonyl (C=O) groups excluding carboxylic acids is 2. The van der Waals surface area contributed by atoms with E-state index >= 15 is 0 Å². The Hall–Kier alpha value is -5.91. The maximum absolute atomic E-state index is 12.6. The highest BCUT2D eigenvalue weighted by Crippen LogP contribution is 2.26. The lowest BCUT2D eigenvalue weighted by molar-refractivity contribution is -0.385. The van der Waals surface area contributed by atoms with Crippen LogP contribution in [-0.4, -0.2) is 31.6 Å². The summed E-state index contributed by atoms with van der Waals surface area (Å²) < 4.78 is 0. The number of carbonyl (C=O) groups is 2. The molecule has 12 nitrogen and oxygen atoms in total. The number of hydrogen-bond acceptors (Lipinski definition) is 7. The van der Waals surface area contributed by atoms with E-state index in [4.69, 9.17) is 0 Å². The molecule has 0 unspecified atom stereocenters. The van der Waals surface area contributed by atoms with Crippen LogP contribution in [0.1, 0.15) is 20.7 Å². The molecule has 0 fully saturated rings. The maximum atomic E-state index is 12.6. The third-order valence-corrected chi connectivity index (χ3v) is 5.85.